The number of methoxy groups -OCH3 is 1. The highest BCUT2D eigenvalue weighted by molar-refractivity contribution is 5.96. The summed E-state index contributed by atoms with van der Waals surface area (Å²) in [6, 6.07) is 2.28. The van der Waals surface area contributed by atoms with Crippen LogP contribution in [0, 0.1) is 20.2 Å². The van der Waals surface area contributed by atoms with Gasteiger partial charge in [0.1, 0.15) is 0 Å². The van der Waals surface area contributed by atoms with E-state index in [1.807, 2.05) is 0 Å². The molecule has 0 aliphatic carbocycles. The average Bonchev–Trinajstić information content (AvgIpc) is 2.97. The molecule has 1 fully saturated rings. The summed E-state index contributed by atoms with van der Waals surface area (Å²) < 4.78 is 10.1. The highest BCUT2D eigenvalue weighted by Crippen LogP contribution is 2.41. The first-order valence-corrected chi connectivity index (χ1v) is 7.34. The van der Waals surface area contributed by atoms with Crippen LogP contribution in [0.2, 0.25) is 0 Å². The highest BCUT2D eigenvalue weighted by Gasteiger charge is 2.32. The van der Waals surface area contributed by atoms with Crippen LogP contribution in [-0.2, 0) is 9.53 Å². The molecule has 1 aromatic rings. The van der Waals surface area contributed by atoms with Crippen molar-refractivity contribution in [1.82, 2.24) is 0 Å². The molecule has 1 amide bonds. The van der Waals surface area contributed by atoms with Gasteiger partial charge in [0.05, 0.1) is 22.1 Å². The van der Waals surface area contributed by atoms with Crippen LogP contribution in [0.3, 0.4) is 0 Å². The minimum Gasteiger partial charge on any atom is -0.482 e. The number of hydrogen-bond donors (Lipinski definition) is 0. The Kier molecular flexibility index (Phi) is 5.64. The van der Waals surface area contributed by atoms with E-state index in [0.717, 1.165) is 12.1 Å². The van der Waals surface area contributed by atoms with Crippen LogP contribution in [0.25, 0.3) is 0 Å². The third-order valence-corrected chi connectivity index (χ3v) is 3.55. The first kappa shape index (κ1) is 17.6. The average molecular weight is 339 g/mol. The maximum atomic E-state index is 11.8. The van der Waals surface area contributed by atoms with Gasteiger partial charge in [-0.2, -0.15) is 0 Å². The highest BCUT2D eigenvalue weighted by atomic mass is 16.6. The second-order valence-electron chi connectivity index (χ2n) is 5.17. The molecule has 1 aliphatic rings. The lowest BCUT2D eigenvalue weighted by atomic mass is 10.2. The Morgan fingerprint density at radius 2 is 1.79 bits per heavy atom. The van der Waals surface area contributed by atoms with Crippen molar-refractivity contribution >= 4 is 23.0 Å². The van der Waals surface area contributed by atoms with Crippen molar-refractivity contribution in [2.24, 2.45) is 0 Å². The minimum absolute atomic E-state index is 0.0392. The van der Waals surface area contributed by atoms with Gasteiger partial charge in [-0.3, -0.25) is 25.0 Å². The van der Waals surface area contributed by atoms with Gasteiger partial charge in [0.15, 0.2) is 0 Å². The summed E-state index contributed by atoms with van der Waals surface area (Å²) in [4.78, 5) is 34.2. The molecule has 1 aromatic carbocycles. The molecule has 2 rings (SSSR count). The Morgan fingerprint density at radius 1 is 1.17 bits per heavy atom. The second kappa shape index (κ2) is 7.68. The molecule has 130 valence electrons. The Hall–Kier alpha value is -2.75. The molecule has 1 aliphatic heterocycles. The van der Waals surface area contributed by atoms with Crippen molar-refractivity contribution < 1.29 is 24.1 Å². The number of anilines is 1. The molecule has 1 heterocycles. The maximum Gasteiger partial charge on any atom is 0.320 e. The minimum atomic E-state index is -0.747. The van der Waals surface area contributed by atoms with E-state index >= 15 is 0 Å². The van der Waals surface area contributed by atoms with Gasteiger partial charge in [-0.05, 0) is 6.42 Å². The van der Waals surface area contributed by atoms with Gasteiger partial charge >= 0.3 is 11.4 Å². The van der Waals surface area contributed by atoms with Crippen molar-refractivity contribution in [3.8, 4) is 5.75 Å². The number of nitro benzene ring substituents is 2. The smallest absolute Gasteiger partial charge is 0.320 e. The predicted molar refractivity (Wildman–Crippen MR) is 83.3 cm³/mol. The van der Waals surface area contributed by atoms with E-state index in [0.29, 0.717) is 32.4 Å². The van der Waals surface area contributed by atoms with Gasteiger partial charge in [-0.1, -0.05) is 0 Å². The number of rotatable bonds is 8. The molecular formula is C14H17N3O7. The molecule has 0 bridgehead atoms. The van der Waals surface area contributed by atoms with Gasteiger partial charge in [0.2, 0.25) is 5.91 Å². The molecule has 0 unspecified atom stereocenters. The Balaban J connectivity index is 2.42. The van der Waals surface area contributed by atoms with Crippen LogP contribution in [0.15, 0.2) is 12.1 Å². The fourth-order valence-electron chi connectivity index (χ4n) is 2.46. The number of nitro groups is 2. The number of ether oxygens (including phenoxy) is 2. The largest absolute Gasteiger partial charge is 0.482 e. The van der Waals surface area contributed by atoms with Crippen molar-refractivity contribution in [3.63, 3.8) is 0 Å². The molecule has 0 aromatic heterocycles. The van der Waals surface area contributed by atoms with Crippen LogP contribution in [-0.4, -0.2) is 42.6 Å². The molecule has 0 atom stereocenters. The zero-order chi connectivity index (χ0) is 17.7. The standard InChI is InChI=1S/C14H17N3O7/c1-23-6-3-7-24-14-11(16(19)20)8-10(9-12(14)17(21)22)15-5-2-4-13(15)18/h8-9H,2-7H2,1H3. The molecule has 24 heavy (non-hydrogen) atoms. The van der Waals surface area contributed by atoms with Gasteiger partial charge in [-0.25, -0.2) is 0 Å². The van der Waals surface area contributed by atoms with E-state index in [1.54, 1.807) is 0 Å². The molecular weight excluding hydrogens is 322 g/mol. The quantitative estimate of drug-likeness (QED) is 0.403. The number of carbonyl (C=O) groups is 1. The van der Waals surface area contributed by atoms with Crippen molar-refractivity contribution in [1.29, 1.82) is 0 Å². The van der Waals surface area contributed by atoms with E-state index in [1.165, 1.54) is 12.0 Å². The Labute approximate surface area is 137 Å². The lowest BCUT2D eigenvalue weighted by molar-refractivity contribution is -0.396. The summed E-state index contributed by atoms with van der Waals surface area (Å²) in [7, 11) is 1.49. The lowest BCUT2D eigenvalue weighted by Gasteiger charge is -2.16. The van der Waals surface area contributed by atoms with Gasteiger partial charge in [0, 0.05) is 45.2 Å². The van der Waals surface area contributed by atoms with Crippen LogP contribution in [0.5, 0.6) is 5.75 Å². The van der Waals surface area contributed by atoms with E-state index < -0.39 is 27.0 Å². The fraction of sp³-hybridized carbons (Fsp3) is 0.500. The third-order valence-electron chi connectivity index (χ3n) is 3.55. The summed E-state index contributed by atoms with van der Waals surface area (Å²) in [5, 5.41) is 22.6. The third kappa shape index (κ3) is 3.77. The van der Waals surface area contributed by atoms with Crippen LogP contribution in [0.4, 0.5) is 17.1 Å². The molecule has 10 nitrogen and oxygen atoms in total. The molecule has 0 N–H and O–H groups in total. The normalized spacial score (nSPS) is 14.0. The Bertz CT molecular complexity index is 627. The summed E-state index contributed by atoms with van der Waals surface area (Å²) in [5.74, 6) is -0.621. The predicted octanol–water partition coefficient (Wildman–Crippen LogP) is 2.05. The molecule has 1 saturated heterocycles. The zero-order valence-electron chi connectivity index (χ0n) is 13.1. The maximum absolute atomic E-state index is 11.8. The zero-order valence-corrected chi connectivity index (χ0v) is 13.1. The SMILES string of the molecule is COCCCOc1c([N+](=O)[O-])cc(N2CCCC2=O)cc1[N+](=O)[O-]. The summed E-state index contributed by atoms with van der Waals surface area (Å²) in [6.07, 6.45) is 1.35. The van der Waals surface area contributed by atoms with Crippen LogP contribution >= 0.6 is 0 Å². The number of hydrogen-bond acceptors (Lipinski definition) is 7. The first-order chi connectivity index (χ1) is 11.5. The molecule has 10 heteroatoms. The van der Waals surface area contributed by atoms with Crippen LogP contribution < -0.4 is 9.64 Å². The second-order valence-corrected chi connectivity index (χ2v) is 5.17. The van der Waals surface area contributed by atoms with E-state index in [-0.39, 0.29) is 18.2 Å². The summed E-state index contributed by atoms with van der Waals surface area (Å²) in [5.41, 5.74) is -0.923. The number of amides is 1. The van der Waals surface area contributed by atoms with Crippen molar-refractivity contribution in [3.05, 3.63) is 32.4 Å². The van der Waals surface area contributed by atoms with E-state index in [2.05, 4.69) is 0 Å². The number of benzene rings is 1. The summed E-state index contributed by atoms with van der Waals surface area (Å²) in [6.45, 7) is 0.778. The molecule has 0 spiro atoms. The van der Waals surface area contributed by atoms with E-state index in [4.69, 9.17) is 9.47 Å². The topological polar surface area (TPSA) is 125 Å². The Morgan fingerprint density at radius 3 is 2.25 bits per heavy atom. The monoisotopic (exact) mass is 339 g/mol. The van der Waals surface area contributed by atoms with Gasteiger partial charge in [0.25, 0.3) is 5.75 Å². The number of nitrogens with zero attached hydrogens (tertiary/aromatic N) is 3. The van der Waals surface area contributed by atoms with Gasteiger partial charge < -0.3 is 14.4 Å². The van der Waals surface area contributed by atoms with Crippen LogP contribution in [0.1, 0.15) is 19.3 Å². The lowest BCUT2D eigenvalue weighted by Crippen LogP contribution is -2.24. The summed E-state index contributed by atoms with van der Waals surface area (Å²) >= 11 is 0. The van der Waals surface area contributed by atoms with Crippen molar-refractivity contribution in [2.75, 3.05) is 31.8 Å². The number of carbonyl (C=O) groups excluding carboxylic acids is 1. The van der Waals surface area contributed by atoms with Crippen molar-refractivity contribution in [2.45, 2.75) is 19.3 Å². The van der Waals surface area contributed by atoms with E-state index in [9.17, 15) is 25.0 Å². The van der Waals surface area contributed by atoms with Gasteiger partial charge in [-0.15, -0.1) is 0 Å². The fourth-order valence-corrected chi connectivity index (χ4v) is 2.46. The molecule has 0 saturated carbocycles. The molecule has 0 radical (unpaired) electrons. The first-order valence-electron chi connectivity index (χ1n) is 7.34.